The fourth-order valence-electron chi connectivity index (χ4n) is 2.95. The molecule has 0 aliphatic heterocycles. The van der Waals surface area contributed by atoms with Gasteiger partial charge in [-0.15, -0.1) is 0 Å². The summed E-state index contributed by atoms with van der Waals surface area (Å²) in [5.41, 5.74) is 2.24. The number of carbonyl (C=O) groups is 1. The fraction of sp³-hybridized carbons (Fsp3) is 0.0833. The zero-order valence-electron chi connectivity index (χ0n) is 17.5. The Morgan fingerprint density at radius 2 is 1.67 bits per heavy atom. The van der Waals surface area contributed by atoms with Crippen LogP contribution in [0.25, 0.3) is 11.5 Å². The van der Waals surface area contributed by atoms with E-state index in [1.165, 1.54) is 12.1 Å². The number of rotatable bonds is 7. The van der Waals surface area contributed by atoms with Crippen molar-refractivity contribution in [3.8, 4) is 11.5 Å². The second-order valence-electron chi connectivity index (χ2n) is 7.14. The largest absolute Gasteiger partial charge is 0.428 e. The van der Waals surface area contributed by atoms with Crippen LogP contribution in [0.15, 0.2) is 98.3 Å². The minimum atomic E-state index is -4.11. The normalized spacial score (nSPS) is 11.3. The summed E-state index contributed by atoms with van der Waals surface area (Å²) in [6, 6.07) is 20.6. The number of halogens is 1. The smallest absolute Gasteiger partial charge is 0.234 e. The Morgan fingerprint density at radius 1 is 1.00 bits per heavy atom. The fourth-order valence-corrected chi connectivity index (χ4v) is 5.28. The minimum Gasteiger partial charge on any atom is -0.428 e. The van der Waals surface area contributed by atoms with E-state index in [0.29, 0.717) is 11.3 Å². The Hall–Kier alpha value is -3.43. The van der Waals surface area contributed by atoms with Crippen LogP contribution in [0.3, 0.4) is 0 Å². The molecule has 1 amide bonds. The zero-order chi connectivity index (χ0) is 23.4. The Labute approximate surface area is 194 Å². The van der Waals surface area contributed by atoms with Gasteiger partial charge in [-0.05, 0) is 55.5 Å². The first-order valence-electron chi connectivity index (χ1n) is 9.89. The molecule has 33 heavy (non-hydrogen) atoms. The molecule has 9 heteroatoms. The quantitative estimate of drug-likeness (QED) is 0.282. The number of hydrogen-bond acceptors (Lipinski definition) is 6. The molecule has 3 aromatic carbocycles. The molecular formula is C24H19FN2O4S2. The van der Waals surface area contributed by atoms with Crippen LogP contribution in [0, 0.1) is 12.7 Å². The maximum Gasteiger partial charge on any atom is 0.234 e. The van der Waals surface area contributed by atoms with Crippen LogP contribution >= 0.6 is 11.8 Å². The van der Waals surface area contributed by atoms with Gasteiger partial charge in [0.15, 0.2) is 0 Å². The van der Waals surface area contributed by atoms with Crippen molar-refractivity contribution in [1.29, 1.82) is 0 Å². The molecule has 0 atom stereocenters. The van der Waals surface area contributed by atoms with Gasteiger partial charge < -0.3 is 9.73 Å². The van der Waals surface area contributed by atoms with Crippen LogP contribution in [-0.4, -0.2) is 25.1 Å². The molecule has 4 aromatic rings. The van der Waals surface area contributed by atoms with E-state index in [9.17, 15) is 17.6 Å². The van der Waals surface area contributed by atoms with Gasteiger partial charge in [-0.1, -0.05) is 47.7 Å². The first-order chi connectivity index (χ1) is 15.8. The second kappa shape index (κ2) is 9.60. The maximum absolute atomic E-state index is 13.3. The molecule has 0 bridgehead atoms. The van der Waals surface area contributed by atoms with Gasteiger partial charge in [0.05, 0.1) is 10.6 Å². The molecule has 168 valence electrons. The SMILES string of the molecule is Cc1ccc(-c2nc(S(=O)(=O)c3ccc(F)cc3)c(SCC(=O)Nc3ccccc3)o2)cc1. The average molecular weight is 483 g/mol. The molecule has 6 nitrogen and oxygen atoms in total. The van der Waals surface area contributed by atoms with Gasteiger partial charge in [0.1, 0.15) is 5.82 Å². The van der Waals surface area contributed by atoms with E-state index >= 15 is 0 Å². The Morgan fingerprint density at radius 3 is 2.33 bits per heavy atom. The number of thioether (sulfide) groups is 1. The number of nitrogens with one attached hydrogen (secondary N) is 1. The van der Waals surface area contributed by atoms with Gasteiger partial charge in [0.25, 0.3) is 0 Å². The molecule has 0 spiro atoms. The van der Waals surface area contributed by atoms with Crippen molar-refractivity contribution in [3.05, 3.63) is 90.2 Å². The average Bonchev–Trinajstić information content (AvgIpc) is 3.24. The van der Waals surface area contributed by atoms with Crippen LogP contribution in [0.5, 0.6) is 0 Å². The van der Waals surface area contributed by atoms with Crippen LogP contribution in [0.4, 0.5) is 10.1 Å². The van der Waals surface area contributed by atoms with Crippen molar-refractivity contribution >= 4 is 33.2 Å². The maximum atomic E-state index is 13.3. The van der Waals surface area contributed by atoms with E-state index in [1.807, 2.05) is 25.1 Å². The summed E-state index contributed by atoms with van der Waals surface area (Å²) in [4.78, 5) is 16.5. The third kappa shape index (κ3) is 5.32. The highest BCUT2D eigenvalue weighted by molar-refractivity contribution is 8.00. The van der Waals surface area contributed by atoms with Crippen LogP contribution in [0.1, 0.15) is 5.56 Å². The molecule has 0 radical (unpaired) electrons. The number of aryl methyl sites for hydroxylation is 1. The first kappa shape index (κ1) is 22.8. The Bertz CT molecular complexity index is 1370. The van der Waals surface area contributed by atoms with Gasteiger partial charge in [0.2, 0.25) is 31.8 Å². The third-order valence-electron chi connectivity index (χ3n) is 4.64. The van der Waals surface area contributed by atoms with Crippen molar-refractivity contribution in [2.75, 3.05) is 11.1 Å². The molecule has 0 unspecified atom stereocenters. The first-order valence-corrected chi connectivity index (χ1v) is 12.4. The molecule has 4 rings (SSSR count). The van der Waals surface area contributed by atoms with E-state index in [-0.39, 0.29) is 32.6 Å². The number of oxazole rings is 1. The lowest BCUT2D eigenvalue weighted by Crippen LogP contribution is -2.14. The predicted octanol–water partition coefficient (Wildman–Crippen LogP) is 5.35. The Kier molecular flexibility index (Phi) is 6.62. The number of nitrogens with zero attached hydrogens (tertiary/aromatic N) is 1. The van der Waals surface area contributed by atoms with E-state index in [4.69, 9.17) is 4.42 Å². The highest BCUT2D eigenvalue weighted by Crippen LogP contribution is 2.35. The highest BCUT2D eigenvalue weighted by atomic mass is 32.2. The molecule has 0 saturated carbocycles. The standard InChI is InChI=1S/C24H19FN2O4S2/c1-16-7-9-17(10-8-16)22-27-23(33(29,30)20-13-11-18(25)12-14-20)24(31-22)32-15-21(28)26-19-5-3-2-4-6-19/h2-14H,15H2,1H3,(H,26,28). The number of anilines is 1. The van der Waals surface area contributed by atoms with E-state index < -0.39 is 15.7 Å². The summed E-state index contributed by atoms with van der Waals surface area (Å²) in [5.74, 6) is -0.864. The predicted molar refractivity (Wildman–Crippen MR) is 124 cm³/mol. The van der Waals surface area contributed by atoms with Gasteiger partial charge in [-0.3, -0.25) is 4.79 Å². The number of aromatic nitrogens is 1. The third-order valence-corrected chi connectivity index (χ3v) is 7.39. The molecule has 0 saturated heterocycles. The van der Waals surface area contributed by atoms with E-state index in [0.717, 1.165) is 29.5 Å². The van der Waals surface area contributed by atoms with Crippen LogP contribution in [0.2, 0.25) is 0 Å². The van der Waals surface area contributed by atoms with Crippen molar-refractivity contribution in [2.24, 2.45) is 0 Å². The highest BCUT2D eigenvalue weighted by Gasteiger charge is 2.29. The number of hydrogen-bond donors (Lipinski definition) is 1. The van der Waals surface area contributed by atoms with Crippen LogP contribution in [-0.2, 0) is 14.6 Å². The van der Waals surface area contributed by atoms with Gasteiger partial charge in [0, 0.05) is 11.3 Å². The van der Waals surface area contributed by atoms with Crippen molar-refractivity contribution in [3.63, 3.8) is 0 Å². The second-order valence-corrected chi connectivity index (χ2v) is 9.95. The number of amides is 1. The lowest BCUT2D eigenvalue weighted by molar-refractivity contribution is -0.113. The summed E-state index contributed by atoms with van der Waals surface area (Å²) < 4.78 is 45.6. The van der Waals surface area contributed by atoms with E-state index in [1.54, 1.807) is 36.4 Å². The van der Waals surface area contributed by atoms with Gasteiger partial charge in [-0.2, -0.15) is 4.98 Å². The molecule has 0 fully saturated rings. The van der Waals surface area contributed by atoms with Crippen molar-refractivity contribution in [1.82, 2.24) is 4.98 Å². The number of benzene rings is 3. The molecule has 1 aromatic heterocycles. The monoisotopic (exact) mass is 482 g/mol. The van der Waals surface area contributed by atoms with E-state index in [2.05, 4.69) is 10.3 Å². The lowest BCUT2D eigenvalue weighted by Gasteiger charge is -2.05. The molecule has 0 aliphatic rings. The van der Waals surface area contributed by atoms with Crippen LogP contribution < -0.4 is 5.32 Å². The zero-order valence-corrected chi connectivity index (χ0v) is 19.1. The van der Waals surface area contributed by atoms with Gasteiger partial charge in [-0.25, -0.2) is 12.8 Å². The minimum absolute atomic E-state index is 0.0156. The molecule has 1 heterocycles. The molecule has 0 aliphatic carbocycles. The van der Waals surface area contributed by atoms with Crippen molar-refractivity contribution < 1.29 is 22.0 Å². The molecule has 1 N–H and O–H groups in total. The number of para-hydroxylation sites is 1. The number of sulfone groups is 1. The molecular weight excluding hydrogens is 463 g/mol. The summed E-state index contributed by atoms with van der Waals surface area (Å²) >= 11 is 0.923. The topological polar surface area (TPSA) is 89.3 Å². The van der Waals surface area contributed by atoms with Gasteiger partial charge >= 0.3 is 0 Å². The summed E-state index contributed by atoms with van der Waals surface area (Å²) in [5, 5.41) is 2.41. The summed E-state index contributed by atoms with van der Waals surface area (Å²) in [6.07, 6.45) is 0. The Balaban J connectivity index is 1.66. The number of carbonyl (C=O) groups excluding carboxylic acids is 1. The summed E-state index contributed by atoms with van der Waals surface area (Å²) in [7, 11) is -4.11. The van der Waals surface area contributed by atoms with Crippen molar-refractivity contribution in [2.45, 2.75) is 21.9 Å². The lowest BCUT2D eigenvalue weighted by atomic mass is 10.1. The summed E-state index contributed by atoms with van der Waals surface area (Å²) in [6.45, 7) is 1.93.